The summed E-state index contributed by atoms with van der Waals surface area (Å²) < 4.78 is 16.8. The monoisotopic (exact) mass is 807 g/mol. The molecule has 0 radical (unpaired) electrons. The third-order valence-corrected chi connectivity index (χ3v) is 11.8. The molecule has 0 fully saturated rings. The van der Waals surface area contributed by atoms with Gasteiger partial charge in [-0.15, -0.1) is 0 Å². The van der Waals surface area contributed by atoms with E-state index in [1.807, 2.05) is 0 Å². The summed E-state index contributed by atoms with van der Waals surface area (Å²) in [6.45, 7) is 11.3. The molecule has 2 atom stereocenters. The summed E-state index contributed by atoms with van der Waals surface area (Å²) in [5.41, 5.74) is 0. The summed E-state index contributed by atoms with van der Waals surface area (Å²) in [7, 11) is 0. The molecule has 0 aromatic heterocycles. The van der Waals surface area contributed by atoms with Crippen LogP contribution in [-0.4, -0.2) is 37.2 Å². The largest absolute Gasteiger partial charge is 0.462 e. The van der Waals surface area contributed by atoms with E-state index >= 15 is 0 Å². The van der Waals surface area contributed by atoms with Gasteiger partial charge in [0.2, 0.25) is 0 Å². The number of unbranched alkanes of at least 4 members (excludes halogenated alkanes) is 29. The second-order valence-electron chi connectivity index (χ2n) is 18.2. The zero-order valence-corrected chi connectivity index (χ0v) is 39.0. The molecule has 338 valence electrons. The topological polar surface area (TPSA) is 78.9 Å². The van der Waals surface area contributed by atoms with Crippen LogP contribution in [0.15, 0.2) is 0 Å². The second kappa shape index (κ2) is 44.0. The van der Waals surface area contributed by atoms with Gasteiger partial charge in [0.25, 0.3) is 0 Å². The van der Waals surface area contributed by atoms with E-state index in [-0.39, 0.29) is 31.1 Å². The molecule has 0 aliphatic heterocycles. The molecule has 0 amide bonds. The molecule has 0 saturated heterocycles. The van der Waals surface area contributed by atoms with Gasteiger partial charge in [0.05, 0.1) is 0 Å². The highest BCUT2D eigenvalue weighted by Gasteiger charge is 2.19. The van der Waals surface area contributed by atoms with Crippen LogP contribution in [0.2, 0.25) is 0 Å². The second-order valence-corrected chi connectivity index (χ2v) is 18.2. The number of hydrogen-bond acceptors (Lipinski definition) is 6. The lowest BCUT2D eigenvalue weighted by atomic mass is 10.00. The van der Waals surface area contributed by atoms with E-state index in [9.17, 15) is 14.4 Å². The number of esters is 3. The summed E-state index contributed by atoms with van der Waals surface area (Å²) in [6.07, 6.45) is 43.7. The molecule has 0 aliphatic rings. The Balaban J connectivity index is 4.29. The fraction of sp³-hybridized carbons (Fsp3) is 0.941. The van der Waals surface area contributed by atoms with Gasteiger partial charge in [-0.2, -0.15) is 0 Å². The first-order valence-electron chi connectivity index (χ1n) is 25.3. The van der Waals surface area contributed by atoms with Crippen LogP contribution in [0.1, 0.15) is 279 Å². The molecular formula is C51H98O6. The number of hydrogen-bond donors (Lipinski definition) is 0. The van der Waals surface area contributed by atoms with E-state index < -0.39 is 6.10 Å². The maximum Gasteiger partial charge on any atom is 0.306 e. The van der Waals surface area contributed by atoms with Gasteiger partial charge in [0, 0.05) is 19.3 Å². The van der Waals surface area contributed by atoms with Crippen molar-refractivity contribution in [3.63, 3.8) is 0 Å². The zero-order valence-electron chi connectivity index (χ0n) is 39.0. The highest BCUT2D eigenvalue weighted by atomic mass is 16.6. The Hall–Kier alpha value is -1.59. The Morgan fingerprint density at radius 3 is 1.00 bits per heavy atom. The number of carbonyl (C=O) groups is 3. The molecule has 0 aliphatic carbocycles. The van der Waals surface area contributed by atoms with Crippen LogP contribution >= 0.6 is 0 Å². The Kier molecular flexibility index (Phi) is 42.7. The maximum atomic E-state index is 12.7. The molecule has 0 rings (SSSR count). The predicted octanol–water partition coefficient (Wildman–Crippen LogP) is 16.1. The van der Waals surface area contributed by atoms with Crippen molar-refractivity contribution < 1.29 is 28.6 Å². The van der Waals surface area contributed by atoms with Crippen LogP contribution in [0.5, 0.6) is 0 Å². The third kappa shape index (κ3) is 43.8. The Morgan fingerprint density at radius 1 is 0.368 bits per heavy atom. The molecule has 57 heavy (non-hydrogen) atoms. The van der Waals surface area contributed by atoms with Gasteiger partial charge in [-0.3, -0.25) is 14.4 Å². The van der Waals surface area contributed by atoms with Crippen molar-refractivity contribution in [3.05, 3.63) is 0 Å². The highest BCUT2D eigenvalue weighted by molar-refractivity contribution is 5.71. The average Bonchev–Trinajstić information content (AvgIpc) is 3.19. The lowest BCUT2D eigenvalue weighted by Crippen LogP contribution is -2.30. The fourth-order valence-corrected chi connectivity index (χ4v) is 7.60. The van der Waals surface area contributed by atoms with Crippen molar-refractivity contribution >= 4 is 17.9 Å². The molecule has 0 saturated carbocycles. The quantitative estimate of drug-likeness (QED) is 0.0346. The minimum atomic E-state index is -0.762. The Labute approximate surface area is 355 Å². The molecule has 6 heteroatoms. The van der Waals surface area contributed by atoms with E-state index in [0.717, 1.165) is 69.6 Å². The van der Waals surface area contributed by atoms with Gasteiger partial charge in [-0.25, -0.2) is 0 Å². The molecule has 0 spiro atoms. The van der Waals surface area contributed by atoms with Crippen molar-refractivity contribution in [1.29, 1.82) is 0 Å². The summed E-state index contributed by atoms with van der Waals surface area (Å²) in [5, 5.41) is 0. The van der Waals surface area contributed by atoms with Crippen molar-refractivity contribution in [2.45, 2.75) is 285 Å². The summed E-state index contributed by atoms with van der Waals surface area (Å²) in [6, 6.07) is 0. The number of ether oxygens (including phenoxy) is 3. The fourth-order valence-electron chi connectivity index (χ4n) is 7.60. The molecule has 0 bridgehead atoms. The molecule has 6 nitrogen and oxygen atoms in total. The normalized spacial score (nSPS) is 12.5. The number of carbonyl (C=O) groups excluding carboxylic acids is 3. The first kappa shape index (κ1) is 55.4. The van der Waals surface area contributed by atoms with E-state index in [0.29, 0.717) is 19.3 Å². The van der Waals surface area contributed by atoms with Crippen LogP contribution in [0.4, 0.5) is 0 Å². The zero-order chi connectivity index (χ0) is 41.9. The first-order chi connectivity index (χ1) is 27.8. The van der Waals surface area contributed by atoms with Crippen LogP contribution in [0.25, 0.3) is 0 Å². The third-order valence-electron chi connectivity index (χ3n) is 11.8. The molecule has 0 aromatic carbocycles. The minimum Gasteiger partial charge on any atom is -0.462 e. The summed E-state index contributed by atoms with van der Waals surface area (Å²) in [5.74, 6) is 0.783. The highest BCUT2D eigenvalue weighted by Crippen LogP contribution is 2.17. The molecule has 0 heterocycles. The van der Waals surface area contributed by atoms with Crippen molar-refractivity contribution in [1.82, 2.24) is 0 Å². The van der Waals surface area contributed by atoms with Crippen LogP contribution in [-0.2, 0) is 28.6 Å². The van der Waals surface area contributed by atoms with E-state index in [4.69, 9.17) is 14.2 Å². The maximum absolute atomic E-state index is 12.7. The summed E-state index contributed by atoms with van der Waals surface area (Å²) in [4.78, 5) is 37.9. The van der Waals surface area contributed by atoms with Crippen molar-refractivity contribution in [2.75, 3.05) is 13.2 Å². The van der Waals surface area contributed by atoms with E-state index in [1.165, 1.54) is 167 Å². The average molecular weight is 807 g/mol. The van der Waals surface area contributed by atoms with Crippen LogP contribution < -0.4 is 0 Å². The van der Waals surface area contributed by atoms with Gasteiger partial charge >= 0.3 is 17.9 Å². The molecule has 0 aromatic rings. The van der Waals surface area contributed by atoms with Gasteiger partial charge in [0.1, 0.15) is 13.2 Å². The SMILES string of the molecule is CCCCCCCCCCCCCCCCCC(=O)OC[C@H](COC(=O)CCCCCCCCCCCCCC(C)C)OC(=O)CCCCCCCCC(C)CC. The van der Waals surface area contributed by atoms with E-state index in [1.54, 1.807) is 0 Å². The lowest BCUT2D eigenvalue weighted by molar-refractivity contribution is -0.167. The minimum absolute atomic E-state index is 0.0648. The Bertz CT molecular complexity index is 872. The predicted molar refractivity (Wildman–Crippen MR) is 243 cm³/mol. The molecular weight excluding hydrogens is 709 g/mol. The first-order valence-corrected chi connectivity index (χ1v) is 25.3. The van der Waals surface area contributed by atoms with E-state index in [2.05, 4.69) is 34.6 Å². The van der Waals surface area contributed by atoms with Gasteiger partial charge in [-0.05, 0) is 31.1 Å². The Morgan fingerprint density at radius 2 is 0.667 bits per heavy atom. The van der Waals surface area contributed by atoms with Gasteiger partial charge in [-0.1, -0.05) is 240 Å². The lowest BCUT2D eigenvalue weighted by Gasteiger charge is -2.18. The standard InChI is InChI=1S/C51H98O6/c1-6-8-9-10-11-12-13-14-15-16-19-22-25-31-36-41-49(52)55-44-48(57-51(54)43-38-33-28-27-30-35-40-47(5)7-2)45-56-50(53)42-37-32-26-23-20-17-18-21-24-29-34-39-46(3)4/h46-48H,6-45H2,1-5H3/t47?,48-/m1/s1. The summed E-state index contributed by atoms with van der Waals surface area (Å²) >= 11 is 0. The smallest absolute Gasteiger partial charge is 0.306 e. The molecule has 0 N–H and O–H groups in total. The van der Waals surface area contributed by atoms with Gasteiger partial charge < -0.3 is 14.2 Å². The molecule has 1 unspecified atom stereocenters. The van der Waals surface area contributed by atoms with Crippen molar-refractivity contribution in [2.24, 2.45) is 11.8 Å². The van der Waals surface area contributed by atoms with Gasteiger partial charge in [0.15, 0.2) is 6.10 Å². The number of rotatable bonds is 45. The van der Waals surface area contributed by atoms with Crippen LogP contribution in [0, 0.1) is 11.8 Å². The van der Waals surface area contributed by atoms with Crippen molar-refractivity contribution in [3.8, 4) is 0 Å². The van der Waals surface area contributed by atoms with Crippen LogP contribution in [0.3, 0.4) is 0 Å².